The molecule has 0 aliphatic rings. The van der Waals surface area contributed by atoms with Crippen LogP contribution in [0.5, 0.6) is 5.75 Å². The average Bonchev–Trinajstić information content (AvgIpc) is 2.19. The van der Waals surface area contributed by atoms with Gasteiger partial charge in [0.2, 0.25) is 0 Å². The summed E-state index contributed by atoms with van der Waals surface area (Å²) in [4.78, 5) is 11.1. The van der Waals surface area contributed by atoms with Gasteiger partial charge in [0.1, 0.15) is 11.5 Å². The molecule has 1 rings (SSSR count). The van der Waals surface area contributed by atoms with Crippen LogP contribution in [0.3, 0.4) is 0 Å². The fourth-order valence-electron chi connectivity index (χ4n) is 0.796. The van der Waals surface area contributed by atoms with Crippen LogP contribution in [0, 0.1) is 0 Å². The molecule has 0 aliphatic heterocycles. The highest BCUT2D eigenvalue weighted by Gasteiger charge is 2.05. The molecular formula is C11H12O3. The fraction of sp³-hybridized carbons (Fsp3) is 0.182. The lowest BCUT2D eigenvalue weighted by molar-refractivity contribution is 0.126. The van der Waals surface area contributed by atoms with E-state index in [1.807, 2.05) is 6.07 Å². The second-order valence-corrected chi connectivity index (χ2v) is 2.67. The van der Waals surface area contributed by atoms with Gasteiger partial charge in [-0.1, -0.05) is 18.2 Å². The number of allylic oxidation sites excluding steroid dienone is 2. The van der Waals surface area contributed by atoms with Crippen molar-refractivity contribution in [1.82, 2.24) is 0 Å². The van der Waals surface area contributed by atoms with Crippen LogP contribution in [0.2, 0.25) is 0 Å². The van der Waals surface area contributed by atoms with Crippen LogP contribution in [-0.4, -0.2) is 6.16 Å². The zero-order chi connectivity index (χ0) is 10.4. The Bertz CT molecular complexity index is 328. The van der Waals surface area contributed by atoms with Crippen molar-refractivity contribution in [3.05, 3.63) is 42.2 Å². The van der Waals surface area contributed by atoms with E-state index in [9.17, 15) is 4.79 Å². The second kappa shape index (κ2) is 5.07. The van der Waals surface area contributed by atoms with Gasteiger partial charge in [-0.2, -0.15) is 0 Å². The predicted molar refractivity (Wildman–Crippen MR) is 53.0 cm³/mol. The van der Waals surface area contributed by atoms with Crippen molar-refractivity contribution in [3.8, 4) is 5.75 Å². The fourth-order valence-corrected chi connectivity index (χ4v) is 0.796. The lowest BCUT2D eigenvalue weighted by atomic mass is 10.3. The van der Waals surface area contributed by atoms with Crippen LogP contribution in [-0.2, 0) is 4.74 Å². The van der Waals surface area contributed by atoms with Crippen molar-refractivity contribution in [2.24, 2.45) is 0 Å². The van der Waals surface area contributed by atoms with Crippen LogP contribution in [0.25, 0.3) is 0 Å². The maximum Gasteiger partial charge on any atom is 0.519 e. The van der Waals surface area contributed by atoms with E-state index in [0.717, 1.165) is 0 Å². The number of benzene rings is 1. The number of ether oxygens (including phenoxy) is 2. The summed E-state index contributed by atoms with van der Waals surface area (Å²) in [6.07, 6.45) is 0.971. The smallest absolute Gasteiger partial charge is 0.400 e. The van der Waals surface area contributed by atoms with E-state index >= 15 is 0 Å². The van der Waals surface area contributed by atoms with Gasteiger partial charge in [-0.3, -0.25) is 0 Å². The summed E-state index contributed by atoms with van der Waals surface area (Å²) in [6.45, 7) is 3.47. The molecule has 0 atom stereocenters. The first-order chi connectivity index (χ1) is 6.72. The van der Waals surface area contributed by atoms with Crippen LogP contribution in [0.15, 0.2) is 42.2 Å². The molecule has 14 heavy (non-hydrogen) atoms. The normalized spacial score (nSPS) is 10.9. The van der Waals surface area contributed by atoms with Gasteiger partial charge in [-0.15, -0.1) is 0 Å². The van der Waals surface area contributed by atoms with Gasteiger partial charge >= 0.3 is 6.16 Å². The molecule has 0 saturated heterocycles. The highest BCUT2D eigenvalue weighted by atomic mass is 16.7. The van der Waals surface area contributed by atoms with Crippen LogP contribution >= 0.6 is 0 Å². The minimum atomic E-state index is -0.716. The molecule has 0 saturated carbocycles. The summed E-state index contributed by atoms with van der Waals surface area (Å²) < 4.78 is 9.69. The summed E-state index contributed by atoms with van der Waals surface area (Å²) in [7, 11) is 0. The molecule has 3 nitrogen and oxygen atoms in total. The first-order valence-electron chi connectivity index (χ1n) is 4.30. The molecule has 0 spiro atoms. The Hall–Kier alpha value is -1.77. The molecule has 0 fully saturated rings. The molecule has 0 aromatic heterocycles. The topological polar surface area (TPSA) is 35.5 Å². The van der Waals surface area contributed by atoms with Gasteiger partial charge in [0.15, 0.2) is 0 Å². The molecule has 0 aliphatic carbocycles. The largest absolute Gasteiger partial charge is 0.519 e. The van der Waals surface area contributed by atoms with E-state index in [-0.39, 0.29) is 0 Å². The van der Waals surface area contributed by atoms with E-state index < -0.39 is 6.16 Å². The average molecular weight is 192 g/mol. The maximum atomic E-state index is 11.1. The van der Waals surface area contributed by atoms with Gasteiger partial charge in [0, 0.05) is 0 Å². The lowest BCUT2D eigenvalue weighted by Gasteiger charge is -2.04. The first-order valence-corrected chi connectivity index (χ1v) is 4.30. The van der Waals surface area contributed by atoms with Gasteiger partial charge in [0.05, 0.1) is 0 Å². The minimum absolute atomic E-state index is 0.474. The number of carbonyl (C=O) groups excluding carboxylic acids is 1. The number of para-hydroxylation sites is 1. The summed E-state index contributed by atoms with van der Waals surface area (Å²) in [5.41, 5.74) is 0. The molecule has 1 aromatic rings. The summed E-state index contributed by atoms with van der Waals surface area (Å²) in [5.74, 6) is 0.993. The van der Waals surface area contributed by atoms with Gasteiger partial charge in [-0.05, 0) is 32.1 Å². The van der Waals surface area contributed by atoms with Crippen LogP contribution in [0.1, 0.15) is 13.8 Å². The van der Waals surface area contributed by atoms with Crippen molar-refractivity contribution >= 4 is 6.16 Å². The third-order valence-corrected chi connectivity index (χ3v) is 1.60. The Morgan fingerprint density at radius 1 is 1.29 bits per heavy atom. The van der Waals surface area contributed by atoms with Crippen molar-refractivity contribution in [2.45, 2.75) is 13.8 Å². The van der Waals surface area contributed by atoms with E-state index in [1.54, 1.807) is 44.2 Å². The number of carbonyl (C=O) groups is 1. The van der Waals surface area contributed by atoms with Crippen molar-refractivity contribution in [1.29, 1.82) is 0 Å². The molecule has 0 unspecified atom stereocenters. The highest BCUT2D eigenvalue weighted by Crippen LogP contribution is 2.10. The quantitative estimate of drug-likeness (QED) is 0.410. The van der Waals surface area contributed by atoms with E-state index in [4.69, 9.17) is 9.47 Å². The first kappa shape index (κ1) is 10.3. The second-order valence-electron chi connectivity index (χ2n) is 2.67. The molecule has 74 valence electrons. The minimum Gasteiger partial charge on any atom is -0.400 e. The van der Waals surface area contributed by atoms with E-state index in [2.05, 4.69) is 0 Å². The Labute approximate surface area is 83.0 Å². The summed E-state index contributed by atoms with van der Waals surface area (Å²) in [6, 6.07) is 8.78. The van der Waals surface area contributed by atoms with Crippen molar-refractivity contribution < 1.29 is 14.3 Å². The predicted octanol–water partition coefficient (Wildman–Crippen LogP) is 3.13. The third kappa shape index (κ3) is 3.31. The number of hydrogen-bond donors (Lipinski definition) is 0. The number of rotatable bonds is 2. The summed E-state index contributed by atoms with van der Waals surface area (Å²) in [5, 5.41) is 0. The Morgan fingerprint density at radius 2 is 1.93 bits per heavy atom. The standard InChI is InChI=1S/C11H12O3/c1-3-9(2)13-11(12)14-10-7-5-4-6-8-10/h3-8H,1-2H3/b9-3+. The summed E-state index contributed by atoms with van der Waals surface area (Å²) >= 11 is 0. The van der Waals surface area contributed by atoms with Crippen LogP contribution in [0.4, 0.5) is 4.79 Å². The molecular weight excluding hydrogens is 180 g/mol. The maximum absolute atomic E-state index is 11.1. The van der Waals surface area contributed by atoms with Gasteiger partial charge in [-0.25, -0.2) is 4.79 Å². The lowest BCUT2D eigenvalue weighted by Crippen LogP contribution is -2.08. The van der Waals surface area contributed by atoms with Crippen molar-refractivity contribution in [2.75, 3.05) is 0 Å². The Kier molecular flexibility index (Phi) is 3.73. The molecule has 1 aromatic carbocycles. The molecule has 3 heteroatoms. The van der Waals surface area contributed by atoms with E-state index in [1.165, 1.54) is 0 Å². The van der Waals surface area contributed by atoms with Gasteiger partial charge < -0.3 is 9.47 Å². The molecule has 0 radical (unpaired) electrons. The highest BCUT2D eigenvalue weighted by molar-refractivity contribution is 5.64. The zero-order valence-electron chi connectivity index (χ0n) is 8.19. The Morgan fingerprint density at radius 3 is 2.50 bits per heavy atom. The van der Waals surface area contributed by atoms with E-state index in [0.29, 0.717) is 11.5 Å². The van der Waals surface area contributed by atoms with Crippen LogP contribution < -0.4 is 4.74 Å². The zero-order valence-corrected chi connectivity index (χ0v) is 8.19. The molecule has 0 bridgehead atoms. The number of hydrogen-bond acceptors (Lipinski definition) is 3. The molecule has 0 N–H and O–H groups in total. The van der Waals surface area contributed by atoms with Crippen molar-refractivity contribution in [3.63, 3.8) is 0 Å². The SMILES string of the molecule is C/C=C(\C)OC(=O)Oc1ccccc1. The molecule has 0 amide bonds. The Balaban J connectivity index is 2.50. The van der Waals surface area contributed by atoms with Gasteiger partial charge in [0.25, 0.3) is 0 Å². The third-order valence-electron chi connectivity index (χ3n) is 1.60. The molecule has 0 heterocycles. The monoisotopic (exact) mass is 192 g/mol.